The number of aromatic nitrogens is 4. The molecule has 0 spiro atoms. The Balaban J connectivity index is 1.66. The molecule has 2 aromatic carbocycles. The number of nitrogens with zero attached hydrogens (tertiary/aromatic N) is 5. The van der Waals surface area contributed by atoms with E-state index in [1.165, 1.54) is 0 Å². The van der Waals surface area contributed by atoms with E-state index >= 15 is 0 Å². The molecule has 0 bridgehead atoms. The fraction of sp³-hybridized carbons (Fsp3) is 0.345. The summed E-state index contributed by atoms with van der Waals surface area (Å²) in [7, 11) is -3.60. The lowest BCUT2D eigenvalue weighted by atomic mass is 9.72. The van der Waals surface area contributed by atoms with Gasteiger partial charge in [0.15, 0.2) is 5.82 Å². The Hall–Kier alpha value is -3.36. The van der Waals surface area contributed by atoms with E-state index in [2.05, 4.69) is 30.7 Å². The fourth-order valence-corrected chi connectivity index (χ4v) is 6.14. The van der Waals surface area contributed by atoms with Gasteiger partial charge in [0.1, 0.15) is 5.54 Å². The van der Waals surface area contributed by atoms with E-state index in [0.29, 0.717) is 36.7 Å². The van der Waals surface area contributed by atoms with E-state index < -0.39 is 21.0 Å². The van der Waals surface area contributed by atoms with Gasteiger partial charge in [-0.25, -0.2) is 8.42 Å². The quantitative estimate of drug-likeness (QED) is 0.385. The first kappa shape index (κ1) is 26.7. The van der Waals surface area contributed by atoms with Crippen LogP contribution < -0.4 is 0 Å². The molecule has 1 saturated heterocycles. The van der Waals surface area contributed by atoms with Crippen LogP contribution in [-0.2, 0) is 21.0 Å². The van der Waals surface area contributed by atoms with Crippen LogP contribution in [0.15, 0.2) is 95.9 Å². The summed E-state index contributed by atoms with van der Waals surface area (Å²) in [5.74, 6) is 0.569. The first-order valence-corrected chi connectivity index (χ1v) is 14.0. The lowest BCUT2D eigenvalue weighted by molar-refractivity contribution is 0.254. The third-order valence-electron chi connectivity index (χ3n) is 7.27. The lowest BCUT2D eigenvalue weighted by Crippen LogP contribution is -2.46. The molecule has 2 heterocycles. The number of aryl methyl sites for hydroxylation is 1. The van der Waals surface area contributed by atoms with Crippen molar-refractivity contribution >= 4 is 10.0 Å². The van der Waals surface area contributed by atoms with Gasteiger partial charge in [0.25, 0.3) is 0 Å². The van der Waals surface area contributed by atoms with E-state index in [-0.39, 0.29) is 0 Å². The predicted molar refractivity (Wildman–Crippen MR) is 147 cm³/mol. The van der Waals surface area contributed by atoms with Crippen molar-refractivity contribution in [3.63, 3.8) is 0 Å². The summed E-state index contributed by atoms with van der Waals surface area (Å²) in [6.07, 6.45) is 8.82. The van der Waals surface area contributed by atoms with Crippen LogP contribution in [0, 0.1) is 6.92 Å². The molecule has 37 heavy (non-hydrogen) atoms. The smallest absolute Gasteiger partial charge is 0.207 e. The van der Waals surface area contributed by atoms with Gasteiger partial charge in [-0.3, -0.25) is 0 Å². The molecule has 8 heteroatoms. The molecule has 1 aromatic heterocycles. The van der Waals surface area contributed by atoms with Crippen LogP contribution in [-0.4, -0.2) is 46.0 Å². The molecule has 4 rings (SSSR count). The normalized spacial score (nSPS) is 17.0. The van der Waals surface area contributed by atoms with E-state index in [4.69, 9.17) is 5.10 Å². The maximum absolute atomic E-state index is 13.4. The Kier molecular flexibility index (Phi) is 7.62. The molecule has 1 aliphatic heterocycles. The van der Waals surface area contributed by atoms with Crippen molar-refractivity contribution < 1.29 is 8.42 Å². The van der Waals surface area contributed by atoms with Crippen LogP contribution >= 0.6 is 0 Å². The number of allylic oxidation sites excluding steroid dienone is 5. The number of tetrazole rings is 1. The molecular formula is C29H35N5O2S. The average molecular weight is 518 g/mol. The summed E-state index contributed by atoms with van der Waals surface area (Å²) in [5.41, 5.74) is 1.80. The minimum Gasteiger partial charge on any atom is -0.207 e. The molecule has 0 atom stereocenters. The summed E-state index contributed by atoms with van der Waals surface area (Å²) < 4.78 is 28.3. The van der Waals surface area contributed by atoms with Gasteiger partial charge < -0.3 is 0 Å². The van der Waals surface area contributed by atoms with Gasteiger partial charge in [0, 0.05) is 13.1 Å². The van der Waals surface area contributed by atoms with E-state index in [1.54, 1.807) is 21.2 Å². The van der Waals surface area contributed by atoms with Crippen LogP contribution in [0.3, 0.4) is 0 Å². The molecule has 0 radical (unpaired) electrons. The summed E-state index contributed by atoms with van der Waals surface area (Å²) in [6, 6.07) is 17.1. The summed E-state index contributed by atoms with van der Waals surface area (Å²) in [6.45, 7) is 13.1. The van der Waals surface area contributed by atoms with Gasteiger partial charge in [-0.05, 0) is 69.0 Å². The minimum atomic E-state index is -3.60. The average Bonchev–Trinajstić information content (AvgIpc) is 3.41. The highest BCUT2D eigenvalue weighted by atomic mass is 32.2. The van der Waals surface area contributed by atoms with Gasteiger partial charge in [0.05, 0.1) is 10.3 Å². The van der Waals surface area contributed by atoms with Crippen molar-refractivity contribution in [3.8, 4) is 0 Å². The van der Waals surface area contributed by atoms with E-state index in [0.717, 1.165) is 16.7 Å². The second-order valence-corrected chi connectivity index (χ2v) is 12.0. The predicted octanol–water partition coefficient (Wildman–Crippen LogP) is 5.18. The molecular weight excluding hydrogens is 482 g/mol. The maximum Gasteiger partial charge on any atom is 0.243 e. The van der Waals surface area contributed by atoms with Gasteiger partial charge >= 0.3 is 0 Å². The SMILES string of the molecule is C=C(/C=C\C=C/C)C1(c2nnn(C(C)(C)c3ccccc3)n2)CCN(S(=O)(=O)c2ccc(C)cc2)CC1. The largest absolute Gasteiger partial charge is 0.243 e. The van der Waals surface area contributed by atoms with Gasteiger partial charge in [0.2, 0.25) is 10.0 Å². The van der Waals surface area contributed by atoms with E-state index in [9.17, 15) is 8.42 Å². The summed E-state index contributed by atoms with van der Waals surface area (Å²) >= 11 is 0. The monoisotopic (exact) mass is 517 g/mol. The molecule has 3 aromatic rings. The Bertz CT molecular complexity index is 1400. The van der Waals surface area contributed by atoms with Crippen molar-refractivity contribution in [1.82, 2.24) is 24.5 Å². The topological polar surface area (TPSA) is 81.0 Å². The van der Waals surface area contributed by atoms with Crippen molar-refractivity contribution in [2.45, 2.75) is 56.4 Å². The third-order valence-corrected chi connectivity index (χ3v) is 9.19. The summed E-state index contributed by atoms with van der Waals surface area (Å²) in [4.78, 5) is 1.96. The van der Waals surface area contributed by atoms with Crippen LogP contribution in [0.2, 0.25) is 0 Å². The van der Waals surface area contributed by atoms with Crippen molar-refractivity contribution in [2.24, 2.45) is 0 Å². The van der Waals surface area contributed by atoms with Crippen LogP contribution in [0.1, 0.15) is 50.6 Å². The second-order valence-electron chi connectivity index (χ2n) is 10.0. The van der Waals surface area contributed by atoms with Crippen molar-refractivity contribution in [1.29, 1.82) is 0 Å². The zero-order chi connectivity index (χ0) is 26.7. The van der Waals surface area contributed by atoms with Gasteiger partial charge in [-0.1, -0.05) is 78.9 Å². The molecule has 194 valence electrons. The zero-order valence-electron chi connectivity index (χ0n) is 22.0. The van der Waals surface area contributed by atoms with Gasteiger partial charge in [-0.15, -0.1) is 10.2 Å². The first-order valence-electron chi connectivity index (χ1n) is 12.5. The molecule has 0 unspecified atom stereocenters. The van der Waals surface area contributed by atoms with Crippen LogP contribution in [0.25, 0.3) is 0 Å². The Morgan fingerprint density at radius 3 is 2.30 bits per heavy atom. The van der Waals surface area contributed by atoms with E-state index in [1.807, 2.05) is 80.6 Å². The second kappa shape index (κ2) is 10.6. The number of benzene rings is 2. The Morgan fingerprint density at radius 2 is 1.68 bits per heavy atom. The highest BCUT2D eigenvalue weighted by Gasteiger charge is 2.45. The fourth-order valence-electron chi connectivity index (χ4n) is 4.70. The highest BCUT2D eigenvalue weighted by molar-refractivity contribution is 7.89. The molecule has 0 saturated carbocycles. The standard InChI is InChI=1S/C29H35N5O2S/c1-6-7-9-12-24(3)29(27-30-32-34(31-27)28(4,5)25-13-10-8-11-14-25)19-21-33(22-20-29)37(35,36)26-17-15-23(2)16-18-26/h6-18H,3,19-22H2,1-2,4-5H3/b7-6-,12-9-. The maximum atomic E-state index is 13.4. The number of rotatable bonds is 8. The molecule has 1 fully saturated rings. The summed E-state index contributed by atoms with van der Waals surface area (Å²) in [5, 5.41) is 13.8. The van der Waals surface area contributed by atoms with Gasteiger partial charge in [-0.2, -0.15) is 9.10 Å². The number of sulfonamides is 1. The molecule has 0 amide bonds. The first-order chi connectivity index (χ1) is 17.6. The number of piperidine rings is 1. The Labute approximate surface area is 220 Å². The minimum absolute atomic E-state index is 0.311. The van der Waals surface area contributed by atoms with Crippen molar-refractivity contribution in [3.05, 3.63) is 108 Å². The Morgan fingerprint density at radius 1 is 1.03 bits per heavy atom. The van der Waals surface area contributed by atoms with Crippen LogP contribution in [0.4, 0.5) is 0 Å². The zero-order valence-corrected chi connectivity index (χ0v) is 22.8. The molecule has 0 N–H and O–H groups in total. The number of hydrogen-bond acceptors (Lipinski definition) is 5. The van der Waals surface area contributed by atoms with Crippen LogP contribution in [0.5, 0.6) is 0 Å². The lowest BCUT2D eigenvalue weighted by Gasteiger charge is -2.40. The molecule has 0 aliphatic carbocycles. The molecule has 7 nitrogen and oxygen atoms in total. The number of hydrogen-bond donors (Lipinski definition) is 0. The van der Waals surface area contributed by atoms with Crippen molar-refractivity contribution in [2.75, 3.05) is 13.1 Å². The molecule has 1 aliphatic rings. The third kappa shape index (κ3) is 5.22. The highest BCUT2D eigenvalue weighted by Crippen LogP contribution is 2.41.